The fourth-order valence-electron chi connectivity index (χ4n) is 0.568. The summed E-state index contributed by atoms with van der Waals surface area (Å²) in [5, 5.41) is 8.42. The SMILES string of the molecule is CC.N#Cc1ccccc1S. The van der Waals surface area contributed by atoms with Crippen LogP contribution < -0.4 is 0 Å². The van der Waals surface area contributed by atoms with Gasteiger partial charge in [0.2, 0.25) is 0 Å². The minimum atomic E-state index is 0.626. The van der Waals surface area contributed by atoms with Crippen molar-refractivity contribution < 1.29 is 0 Å². The van der Waals surface area contributed by atoms with E-state index in [2.05, 4.69) is 12.6 Å². The van der Waals surface area contributed by atoms with Crippen molar-refractivity contribution in [3.8, 4) is 6.07 Å². The average molecular weight is 165 g/mol. The van der Waals surface area contributed by atoms with Crippen molar-refractivity contribution >= 4 is 12.6 Å². The van der Waals surface area contributed by atoms with Gasteiger partial charge in [-0.1, -0.05) is 26.0 Å². The molecule has 0 saturated carbocycles. The summed E-state index contributed by atoms with van der Waals surface area (Å²) in [6.07, 6.45) is 0. The Morgan fingerprint density at radius 3 is 2.18 bits per heavy atom. The second kappa shape index (κ2) is 5.82. The van der Waals surface area contributed by atoms with Crippen LogP contribution in [0.4, 0.5) is 0 Å². The highest BCUT2D eigenvalue weighted by atomic mass is 32.1. The topological polar surface area (TPSA) is 23.8 Å². The van der Waals surface area contributed by atoms with Crippen molar-refractivity contribution in [2.24, 2.45) is 0 Å². The molecule has 0 fully saturated rings. The molecule has 0 unspecified atom stereocenters. The van der Waals surface area contributed by atoms with Gasteiger partial charge >= 0.3 is 0 Å². The molecule has 0 aliphatic carbocycles. The summed E-state index contributed by atoms with van der Waals surface area (Å²) in [5.74, 6) is 0. The number of thiol groups is 1. The second-order valence-corrected chi connectivity index (χ2v) is 2.11. The molecule has 0 aromatic heterocycles. The lowest BCUT2D eigenvalue weighted by molar-refractivity contribution is 1.38. The molecule has 1 aromatic rings. The summed E-state index contributed by atoms with van der Waals surface area (Å²) in [6.45, 7) is 4.00. The smallest absolute Gasteiger partial charge is 0.100 e. The highest BCUT2D eigenvalue weighted by Crippen LogP contribution is 2.10. The first kappa shape index (κ1) is 10.1. The summed E-state index contributed by atoms with van der Waals surface area (Å²) in [4.78, 5) is 0.736. The van der Waals surface area contributed by atoms with E-state index in [1.54, 1.807) is 12.1 Å². The first-order chi connectivity index (χ1) is 5.34. The summed E-state index contributed by atoms with van der Waals surface area (Å²) < 4.78 is 0. The quantitative estimate of drug-likeness (QED) is 0.587. The molecule has 0 saturated heterocycles. The lowest BCUT2D eigenvalue weighted by Gasteiger charge is -1.89. The Morgan fingerprint density at radius 2 is 1.82 bits per heavy atom. The van der Waals surface area contributed by atoms with Gasteiger partial charge in [0.05, 0.1) is 5.56 Å². The summed E-state index contributed by atoms with van der Waals surface area (Å²) in [6, 6.07) is 9.22. The highest BCUT2D eigenvalue weighted by molar-refractivity contribution is 7.80. The van der Waals surface area contributed by atoms with Crippen LogP contribution in [-0.4, -0.2) is 0 Å². The van der Waals surface area contributed by atoms with E-state index in [0.29, 0.717) is 5.56 Å². The van der Waals surface area contributed by atoms with Gasteiger partial charge < -0.3 is 0 Å². The molecule has 1 nitrogen and oxygen atoms in total. The van der Waals surface area contributed by atoms with E-state index in [0.717, 1.165) is 4.90 Å². The number of hydrogen-bond donors (Lipinski definition) is 1. The van der Waals surface area contributed by atoms with Crippen molar-refractivity contribution in [1.82, 2.24) is 0 Å². The van der Waals surface area contributed by atoms with E-state index in [1.807, 2.05) is 32.0 Å². The Morgan fingerprint density at radius 1 is 1.27 bits per heavy atom. The molecule has 0 aliphatic rings. The molecule has 0 spiro atoms. The average Bonchev–Trinajstić information content (AvgIpc) is 2.09. The van der Waals surface area contributed by atoms with E-state index in [-0.39, 0.29) is 0 Å². The van der Waals surface area contributed by atoms with E-state index in [1.165, 1.54) is 0 Å². The lowest BCUT2D eigenvalue weighted by Crippen LogP contribution is -1.73. The van der Waals surface area contributed by atoms with Crippen LogP contribution in [0.2, 0.25) is 0 Å². The number of nitriles is 1. The minimum absolute atomic E-state index is 0.626. The number of rotatable bonds is 0. The number of benzene rings is 1. The molecule has 0 radical (unpaired) electrons. The maximum Gasteiger partial charge on any atom is 0.100 e. The molecule has 0 bridgehead atoms. The molecule has 2 heteroatoms. The largest absolute Gasteiger partial charge is 0.192 e. The molecule has 0 heterocycles. The fraction of sp³-hybridized carbons (Fsp3) is 0.222. The van der Waals surface area contributed by atoms with Gasteiger partial charge in [0.25, 0.3) is 0 Å². The standard InChI is InChI=1S/C7H5NS.C2H6/c8-5-6-3-1-2-4-7(6)9;1-2/h1-4,9H;1-2H3. The van der Waals surface area contributed by atoms with Gasteiger partial charge in [0.1, 0.15) is 6.07 Å². The van der Waals surface area contributed by atoms with Crippen LogP contribution in [0.5, 0.6) is 0 Å². The van der Waals surface area contributed by atoms with Crippen molar-refractivity contribution in [2.75, 3.05) is 0 Å². The van der Waals surface area contributed by atoms with Crippen molar-refractivity contribution in [2.45, 2.75) is 18.7 Å². The van der Waals surface area contributed by atoms with E-state index < -0.39 is 0 Å². The zero-order chi connectivity index (χ0) is 8.69. The number of nitrogens with zero attached hydrogens (tertiary/aromatic N) is 1. The monoisotopic (exact) mass is 165 g/mol. The summed E-state index contributed by atoms with van der Waals surface area (Å²) >= 11 is 4.06. The van der Waals surface area contributed by atoms with E-state index in [9.17, 15) is 0 Å². The molecule has 0 aliphatic heterocycles. The maximum atomic E-state index is 8.42. The zero-order valence-electron chi connectivity index (χ0n) is 6.70. The maximum absolute atomic E-state index is 8.42. The van der Waals surface area contributed by atoms with Crippen molar-refractivity contribution in [3.05, 3.63) is 29.8 Å². The Hall–Kier alpha value is -0.940. The molecular weight excluding hydrogens is 154 g/mol. The third kappa shape index (κ3) is 3.10. The van der Waals surface area contributed by atoms with Gasteiger partial charge in [-0.3, -0.25) is 0 Å². The predicted octanol–water partition coefficient (Wildman–Crippen LogP) is 2.87. The summed E-state index contributed by atoms with van der Waals surface area (Å²) in [5.41, 5.74) is 0.626. The van der Waals surface area contributed by atoms with E-state index in [4.69, 9.17) is 5.26 Å². The van der Waals surface area contributed by atoms with Crippen LogP contribution in [0.3, 0.4) is 0 Å². The Labute approximate surface area is 73.1 Å². The first-order valence-corrected chi connectivity index (χ1v) is 3.97. The molecule has 58 valence electrons. The number of hydrogen-bond acceptors (Lipinski definition) is 2. The third-order valence-corrected chi connectivity index (χ3v) is 1.41. The van der Waals surface area contributed by atoms with Crippen LogP contribution in [0.15, 0.2) is 29.2 Å². The first-order valence-electron chi connectivity index (χ1n) is 3.52. The molecule has 11 heavy (non-hydrogen) atoms. The van der Waals surface area contributed by atoms with Gasteiger partial charge in [0.15, 0.2) is 0 Å². The molecule has 0 atom stereocenters. The molecule has 1 rings (SSSR count). The van der Waals surface area contributed by atoms with Crippen LogP contribution in [0.1, 0.15) is 19.4 Å². The zero-order valence-corrected chi connectivity index (χ0v) is 7.60. The minimum Gasteiger partial charge on any atom is -0.192 e. The third-order valence-electron chi connectivity index (χ3n) is 1.02. The van der Waals surface area contributed by atoms with Crippen LogP contribution >= 0.6 is 12.6 Å². The lowest BCUT2D eigenvalue weighted by atomic mass is 10.2. The Kier molecular flexibility index (Phi) is 5.32. The molecule has 0 amide bonds. The Balaban J connectivity index is 0.000000461. The van der Waals surface area contributed by atoms with Gasteiger partial charge in [-0.15, -0.1) is 12.6 Å². The van der Waals surface area contributed by atoms with Crippen LogP contribution in [0, 0.1) is 11.3 Å². The fourth-order valence-corrected chi connectivity index (χ4v) is 0.779. The van der Waals surface area contributed by atoms with Gasteiger partial charge in [-0.25, -0.2) is 0 Å². The van der Waals surface area contributed by atoms with Crippen LogP contribution in [-0.2, 0) is 0 Å². The van der Waals surface area contributed by atoms with Crippen molar-refractivity contribution in [1.29, 1.82) is 5.26 Å². The normalized spacial score (nSPS) is 7.45. The molecule has 1 aromatic carbocycles. The molecular formula is C9H11NS. The molecule has 0 N–H and O–H groups in total. The second-order valence-electron chi connectivity index (χ2n) is 1.63. The van der Waals surface area contributed by atoms with Gasteiger partial charge in [-0.2, -0.15) is 5.26 Å². The van der Waals surface area contributed by atoms with Gasteiger partial charge in [0, 0.05) is 4.90 Å². The van der Waals surface area contributed by atoms with Crippen LogP contribution in [0.25, 0.3) is 0 Å². The van der Waals surface area contributed by atoms with Gasteiger partial charge in [-0.05, 0) is 12.1 Å². The summed E-state index contributed by atoms with van der Waals surface area (Å²) in [7, 11) is 0. The highest BCUT2D eigenvalue weighted by Gasteiger charge is 1.91. The van der Waals surface area contributed by atoms with E-state index >= 15 is 0 Å². The predicted molar refractivity (Wildman–Crippen MR) is 49.8 cm³/mol. The Bertz CT molecular complexity index is 250. The van der Waals surface area contributed by atoms with Crippen molar-refractivity contribution in [3.63, 3.8) is 0 Å².